The quantitative estimate of drug-likeness (QED) is 0.172. The van der Waals surface area contributed by atoms with E-state index in [2.05, 4.69) is 60.5 Å². The summed E-state index contributed by atoms with van der Waals surface area (Å²) in [5.41, 5.74) is 2.71. The van der Waals surface area contributed by atoms with Crippen LogP contribution in [0, 0.1) is 10.8 Å². The summed E-state index contributed by atoms with van der Waals surface area (Å²) in [5, 5.41) is -1.35. The fourth-order valence-electron chi connectivity index (χ4n) is 7.35. The highest BCUT2D eigenvalue weighted by Gasteiger charge is 2.43. The van der Waals surface area contributed by atoms with E-state index < -0.39 is 51.9 Å². The number of fused-ring (bicyclic) bond motifs is 2. The number of amides is 1. The lowest BCUT2D eigenvalue weighted by molar-refractivity contribution is 0.0139. The van der Waals surface area contributed by atoms with Gasteiger partial charge in [-0.25, -0.2) is 40.0 Å². The molecule has 4 heterocycles. The molecule has 16 nitrogen and oxygen atoms in total. The number of nitrogens with zero attached hydrogens (tertiary/aromatic N) is 8. The van der Waals surface area contributed by atoms with Crippen LogP contribution < -0.4 is 0 Å². The predicted octanol–water partition coefficient (Wildman–Crippen LogP) is 5.18. The average Bonchev–Trinajstić information content (AvgIpc) is 3.56. The molecular weight excluding hydrogens is 865 g/mol. The van der Waals surface area contributed by atoms with E-state index in [0.717, 1.165) is 68.0 Å². The molecule has 2 aromatic carbocycles. The van der Waals surface area contributed by atoms with Crippen molar-refractivity contribution in [3.63, 3.8) is 0 Å². The molecule has 0 atom stereocenters. The Labute approximate surface area is 375 Å². The molecule has 6 rings (SSSR count). The topological polar surface area (TPSA) is 177 Å². The third-order valence-electron chi connectivity index (χ3n) is 10.8. The van der Waals surface area contributed by atoms with Gasteiger partial charge in [-0.15, -0.1) is 0 Å². The normalized spacial score (nSPS) is 16.4. The van der Waals surface area contributed by atoms with E-state index in [1.54, 1.807) is 45.0 Å². The Kier molecular flexibility index (Phi) is 14.7. The lowest BCUT2D eigenvalue weighted by Crippen LogP contribution is -2.57. The second-order valence-corrected chi connectivity index (χ2v) is 27.5. The van der Waals surface area contributed by atoms with Crippen LogP contribution >= 0.6 is 0 Å². The molecule has 0 aliphatic carbocycles. The van der Waals surface area contributed by atoms with Crippen LogP contribution in [0.4, 0.5) is 4.79 Å². The fraction of sp³-hybridized carbons (Fsp3) is 0.659. The zero-order valence-electron chi connectivity index (χ0n) is 39.8. The number of likely N-dealkylation sites (N-methyl/N-ethyl adjacent to an activating group) is 2. The van der Waals surface area contributed by atoms with Crippen molar-refractivity contribution in [2.24, 2.45) is 10.8 Å². The zero-order chi connectivity index (χ0) is 47.2. The van der Waals surface area contributed by atoms with Crippen molar-refractivity contribution in [2.45, 2.75) is 114 Å². The van der Waals surface area contributed by atoms with Crippen molar-refractivity contribution in [2.75, 3.05) is 73.7 Å². The van der Waals surface area contributed by atoms with Crippen LogP contribution in [0.5, 0.6) is 0 Å². The molecule has 0 saturated carbocycles. The van der Waals surface area contributed by atoms with Gasteiger partial charge < -0.3 is 28.6 Å². The van der Waals surface area contributed by atoms with Crippen LogP contribution in [-0.4, -0.2) is 159 Å². The number of hydrogen-bond donors (Lipinski definition) is 0. The van der Waals surface area contributed by atoms with Gasteiger partial charge in [-0.05, 0) is 96.2 Å². The highest BCUT2D eigenvalue weighted by Crippen LogP contribution is 2.32. The summed E-state index contributed by atoms with van der Waals surface area (Å²) >= 11 is 0. The Morgan fingerprint density at radius 3 is 1.37 bits per heavy atom. The summed E-state index contributed by atoms with van der Waals surface area (Å²) in [7, 11) is -2.44. The Balaban J connectivity index is 0.000000239. The van der Waals surface area contributed by atoms with Crippen molar-refractivity contribution < 1.29 is 34.8 Å². The molecule has 2 aromatic heterocycles. The van der Waals surface area contributed by atoms with Crippen molar-refractivity contribution in [1.29, 1.82) is 0 Å². The van der Waals surface area contributed by atoms with Gasteiger partial charge >= 0.3 is 6.09 Å². The van der Waals surface area contributed by atoms with Crippen LogP contribution in [0.1, 0.15) is 74.0 Å². The molecule has 19 heteroatoms. The van der Waals surface area contributed by atoms with Gasteiger partial charge in [-0.3, -0.25) is 0 Å². The molecule has 0 spiro atoms. The van der Waals surface area contributed by atoms with Gasteiger partial charge in [0.15, 0.2) is 19.7 Å². The van der Waals surface area contributed by atoms with Crippen LogP contribution in [-0.2, 0) is 60.4 Å². The molecule has 0 radical (unpaired) electrons. The van der Waals surface area contributed by atoms with E-state index in [1.165, 1.54) is 9.21 Å². The Morgan fingerprint density at radius 2 is 1.03 bits per heavy atom. The first-order valence-electron chi connectivity index (χ1n) is 21.4. The third-order valence-corrected chi connectivity index (χ3v) is 16.2. The maximum absolute atomic E-state index is 13.2. The molecule has 2 saturated heterocycles. The Hall–Kier alpha value is -3.62. The maximum Gasteiger partial charge on any atom is 0.410 e. The number of imidazole rings is 2. The largest absolute Gasteiger partial charge is 0.444 e. The van der Waals surface area contributed by atoms with Crippen molar-refractivity contribution in [3.05, 3.63) is 48.0 Å². The highest BCUT2D eigenvalue weighted by atomic mass is 32.2. The first-order chi connectivity index (χ1) is 28.7. The predicted molar refractivity (Wildman–Crippen MR) is 249 cm³/mol. The summed E-state index contributed by atoms with van der Waals surface area (Å²) in [6.45, 7) is 21.9. The summed E-state index contributed by atoms with van der Waals surface area (Å²) < 4.78 is 86.5. The van der Waals surface area contributed by atoms with E-state index >= 15 is 0 Å². The van der Waals surface area contributed by atoms with Gasteiger partial charge in [0.1, 0.15) is 22.5 Å². The van der Waals surface area contributed by atoms with Gasteiger partial charge in [0.25, 0.3) is 0 Å². The van der Waals surface area contributed by atoms with Crippen LogP contribution in [0.2, 0.25) is 0 Å². The number of rotatable bonds is 13. The zero-order valence-corrected chi connectivity index (χ0v) is 42.2. The minimum Gasteiger partial charge on any atom is -0.444 e. The van der Waals surface area contributed by atoms with Gasteiger partial charge in [0, 0.05) is 65.2 Å². The number of aromatic nitrogens is 4. The Morgan fingerprint density at radius 1 is 0.651 bits per heavy atom. The second kappa shape index (κ2) is 18.3. The second-order valence-electron chi connectivity index (χ2n) is 21.0. The minimum absolute atomic E-state index is 0.00571. The smallest absolute Gasteiger partial charge is 0.410 e. The number of ether oxygens (including phenoxy) is 1. The SMILES string of the molecule is CN(C)CCn1c(CC(C)(C)C)nc2cc(S(=O)(=O)C3CN(C(=O)OC(C)(C)C)C3)ccc21.CN(C)CCn1c(CC(C)(C)C)nc2cc(S(=O)(=O)C3CN(S(C)(=O)=O)C3)ccc21. The summed E-state index contributed by atoms with van der Waals surface area (Å²) in [6, 6.07) is 10.3. The maximum atomic E-state index is 13.2. The first kappa shape index (κ1) is 50.4. The number of carbonyl (C=O) groups is 1. The van der Waals surface area contributed by atoms with Crippen LogP contribution in [0.25, 0.3) is 22.1 Å². The van der Waals surface area contributed by atoms with E-state index in [0.29, 0.717) is 11.0 Å². The van der Waals surface area contributed by atoms with E-state index in [1.807, 2.05) is 40.3 Å². The molecule has 63 heavy (non-hydrogen) atoms. The van der Waals surface area contributed by atoms with E-state index in [9.17, 15) is 30.0 Å². The van der Waals surface area contributed by atoms with Crippen molar-refractivity contribution in [3.8, 4) is 0 Å². The molecule has 2 aliphatic heterocycles. The third kappa shape index (κ3) is 12.6. The average molecular weight is 935 g/mol. The first-order valence-corrected chi connectivity index (χ1v) is 26.4. The highest BCUT2D eigenvalue weighted by molar-refractivity contribution is 7.93. The summed E-state index contributed by atoms with van der Waals surface area (Å²) in [5.74, 6) is 1.91. The monoisotopic (exact) mass is 934 g/mol. The summed E-state index contributed by atoms with van der Waals surface area (Å²) in [6.07, 6.45) is 2.20. The van der Waals surface area contributed by atoms with Gasteiger partial charge in [-0.1, -0.05) is 41.5 Å². The molecule has 0 unspecified atom stereocenters. The standard InChI is InChI=1S/C24H38N4O4S.C20H32N4O4S2/c1-23(2,3)14-21-25-19-13-17(9-10-20(19)28(21)12-11-26(7)8)33(30,31)18-15-27(16-18)22(29)32-24(4,5)6;1-20(2,3)12-19-21-17-11-15(7-8-18(17)24(19)10-9-22(4)5)30(27,28)16-13-23(14-16)29(6,25)26/h9-10,13,18H,11-12,14-16H2,1-8H3;7-8,11,16H,9-10,12-14H2,1-6H3. The fourth-order valence-corrected chi connectivity index (χ4v) is 11.8. The van der Waals surface area contributed by atoms with Crippen LogP contribution in [0.15, 0.2) is 46.2 Å². The van der Waals surface area contributed by atoms with Gasteiger partial charge in [0.2, 0.25) is 10.0 Å². The molecule has 352 valence electrons. The molecule has 0 N–H and O–H groups in total. The lowest BCUT2D eigenvalue weighted by Gasteiger charge is -2.39. The summed E-state index contributed by atoms with van der Waals surface area (Å²) in [4.78, 5) is 27.9. The number of likely N-dealkylation sites (tertiary alicyclic amines) is 1. The van der Waals surface area contributed by atoms with E-state index in [-0.39, 0.29) is 46.8 Å². The molecule has 1 amide bonds. The number of hydrogen-bond acceptors (Lipinski definition) is 12. The molecule has 2 aliphatic rings. The van der Waals surface area contributed by atoms with Crippen molar-refractivity contribution >= 4 is 57.9 Å². The number of benzene rings is 2. The number of carbonyl (C=O) groups excluding carboxylic acids is 1. The Bertz CT molecular complexity index is 2620. The molecule has 0 bridgehead atoms. The molecule has 4 aromatic rings. The lowest BCUT2D eigenvalue weighted by atomic mass is 9.92. The van der Waals surface area contributed by atoms with E-state index in [4.69, 9.17) is 14.7 Å². The van der Waals surface area contributed by atoms with Crippen LogP contribution in [0.3, 0.4) is 0 Å². The van der Waals surface area contributed by atoms with Gasteiger partial charge in [0.05, 0.1) is 43.4 Å². The number of sulfonamides is 1. The van der Waals surface area contributed by atoms with Gasteiger partial charge in [-0.2, -0.15) is 4.31 Å². The number of sulfone groups is 2. The minimum atomic E-state index is -3.61. The molecular formula is C44H70N8O8S3. The molecule has 2 fully saturated rings. The van der Waals surface area contributed by atoms with Crippen molar-refractivity contribution in [1.82, 2.24) is 38.1 Å².